The van der Waals surface area contributed by atoms with Gasteiger partial charge in [0.2, 0.25) is 5.91 Å². The molecule has 1 aliphatic rings. The lowest BCUT2D eigenvalue weighted by Crippen LogP contribution is -2.37. The van der Waals surface area contributed by atoms with Crippen LogP contribution in [0.25, 0.3) is 10.8 Å². The lowest BCUT2D eigenvalue weighted by molar-refractivity contribution is -0.165. The molecule has 0 aliphatic carbocycles. The number of alkyl halides is 3. The van der Waals surface area contributed by atoms with Crippen LogP contribution in [0.4, 0.5) is 18.9 Å². The van der Waals surface area contributed by atoms with E-state index in [2.05, 4.69) is 5.32 Å². The maximum atomic E-state index is 12.6. The van der Waals surface area contributed by atoms with Gasteiger partial charge in [-0.1, -0.05) is 36.4 Å². The Hall–Kier alpha value is -2.83. The van der Waals surface area contributed by atoms with E-state index >= 15 is 0 Å². The summed E-state index contributed by atoms with van der Waals surface area (Å²) in [5.41, 5.74) is 0.648. The number of carbonyl (C=O) groups excluding carboxylic acids is 2. The van der Waals surface area contributed by atoms with Gasteiger partial charge in [-0.3, -0.25) is 9.59 Å². The summed E-state index contributed by atoms with van der Waals surface area (Å²) in [6.45, 7) is 0.426. The lowest BCUT2D eigenvalue weighted by Gasteiger charge is -2.22. The van der Waals surface area contributed by atoms with Gasteiger partial charge in [-0.05, 0) is 24.3 Å². The summed E-state index contributed by atoms with van der Waals surface area (Å²) in [6.07, 6.45) is -2.18. The van der Waals surface area contributed by atoms with Gasteiger partial charge in [-0.25, -0.2) is 0 Å². The third-order valence-corrected chi connectivity index (χ3v) is 4.34. The van der Waals surface area contributed by atoms with Crippen LogP contribution in [0, 0.1) is 0 Å². The van der Waals surface area contributed by atoms with Gasteiger partial charge >= 0.3 is 6.18 Å². The molecule has 0 bridgehead atoms. The molecule has 26 heavy (non-hydrogen) atoms. The van der Waals surface area contributed by atoms with Gasteiger partial charge < -0.3 is 10.2 Å². The van der Waals surface area contributed by atoms with Crippen LogP contribution in [0.5, 0.6) is 0 Å². The number of allylic oxidation sites excluding steroid dienone is 1. The van der Waals surface area contributed by atoms with Gasteiger partial charge in [-0.15, -0.1) is 0 Å². The Balaban J connectivity index is 1.74. The molecule has 0 spiro atoms. The minimum atomic E-state index is -4.91. The number of nitrogens with one attached hydrogen (secondary N) is 1. The number of likely N-dealkylation sites (tertiary alicyclic amines) is 1. The van der Waals surface area contributed by atoms with Crippen molar-refractivity contribution in [1.82, 2.24) is 4.90 Å². The largest absolute Gasteiger partial charge is 0.454 e. The number of hydrogen-bond donors (Lipinski definition) is 1. The van der Waals surface area contributed by atoms with E-state index in [1.54, 1.807) is 6.07 Å². The number of rotatable bonds is 4. The number of hydrogen-bond acceptors (Lipinski definition) is 3. The van der Waals surface area contributed by atoms with Crippen LogP contribution in [0.2, 0.25) is 0 Å². The van der Waals surface area contributed by atoms with Crippen LogP contribution in [-0.2, 0) is 9.59 Å². The van der Waals surface area contributed by atoms with Gasteiger partial charge in [0.25, 0.3) is 5.78 Å². The van der Waals surface area contributed by atoms with Crippen molar-refractivity contribution in [2.45, 2.75) is 25.1 Å². The molecule has 0 aromatic heterocycles. The van der Waals surface area contributed by atoms with Crippen LogP contribution in [0.1, 0.15) is 12.8 Å². The Morgan fingerprint density at radius 2 is 1.85 bits per heavy atom. The van der Waals surface area contributed by atoms with Crippen LogP contribution in [0.3, 0.4) is 0 Å². The smallest absolute Gasteiger partial charge is 0.365 e. The van der Waals surface area contributed by atoms with E-state index in [0.717, 1.165) is 17.0 Å². The normalized spacial score (nSPS) is 17.8. The molecule has 1 heterocycles. The molecule has 2 aromatic rings. The third-order valence-electron chi connectivity index (χ3n) is 4.34. The predicted molar refractivity (Wildman–Crippen MR) is 92.5 cm³/mol. The highest BCUT2D eigenvalue weighted by Crippen LogP contribution is 2.25. The van der Waals surface area contributed by atoms with E-state index in [9.17, 15) is 22.8 Å². The number of ketones is 1. The minimum absolute atomic E-state index is 0.303. The van der Waals surface area contributed by atoms with E-state index in [1.165, 1.54) is 4.90 Å². The van der Waals surface area contributed by atoms with Crippen LogP contribution in [-0.4, -0.2) is 35.4 Å². The average molecular weight is 362 g/mol. The molecule has 2 aromatic carbocycles. The molecular weight excluding hydrogens is 345 g/mol. The van der Waals surface area contributed by atoms with Crippen molar-refractivity contribution in [1.29, 1.82) is 0 Å². The minimum Gasteiger partial charge on any atom is -0.365 e. The molecule has 1 amide bonds. The zero-order chi connectivity index (χ0) is 18.7. The standard InChI is InChI=1S/C19H17F3N2O2/c20-19(21,22)17(25)10-12-24-11-4-9-16(24)18(26)23-15-8-3-6-13-5-1-2-7-14(13)15/h1-3,5-8,10,12,16H,4,9,11H2,(H,23,26). The van der Waals surface area contributed by atoms with Gasteiger partial charge in [0.15, 0.2) is 0 Å². The Morgan fingerprint density at radius 1 is 1.12 bits per heavy atom. The monoisotopic (exact) mass is 362 g/mol. The zero-order valence-electron chi connectivity index (χ0n) is 13.8. The van der Waals surface area contributed by atoms with E-state index in [-0.39, 0.29) is 5.91 Å². The maximum Gasteiger partial charge on any atom is 0.454 e. The molecule has 1 N–H and O–H groups in total. The summed E-state index contributed by atoms with van der Waals surface area (Å²) in [5.74, 6) is -2.24. The highest BCUT2D eigenvalue weighted by molar-refractivity contribution is 6.04. The second kappa shape index (κ2) is 7.19. The molecule has 7 heteroatoms. The molecule has 136 valence electrons. The molecule has 1 saturated heterocycles. The molecule has 1 aliphatic heterocycles. The van der Waals surface area contributed by atoms with Crippen LogP contribution >= 0.6 is 0 Å². The van der Waals surface area contributed by atoms with Crippen molar-refractivity contribution in [2.75, 3.05) is 11.9 Å². The molecular formula is C19H17F3N2O2. The number of benzene rings is 2. The Morgan fingerprint density at radius 3 is 2.62 bits per heavy atom. The molecule has 1 atom stereocenters. The Bertz CT molecular complexity index is 856. The fraction of sp³-hybridized carbons (Fsp3) is 0.263. The fourth-order valence-corrected chi connectivity index (χ4v) is 3.06. The Labute approximate surface area is 148 Å². The number of anilines is 1. The summed E-state index contributed by atoms with van der Waals surface area (Å²) in [5, 5.41) is 4.71. The first-order valence-electron chi connectivity index (χ1n) is 8.20. The van der Waals surface area contributed by atoms with E-state index < -0.39 is 18.0 Å². The molecule has 1 unspecified atom stereocenters. The second-order valence-electron chi connectivity index (χ2n) is 6.09. The first-order chi connectivity index (χ1) is 12.4. The second-order valence-corrected chi connectivity index (χ2v) is 6.09. The maximum absolute atomic E-state index is 12.6. The zero-order valence-corrected chi connectivity index (χ0v) is 13.8. The summed E-state index contributed by atoms with van der Waals surface area (Å²) < 4.78 is 36.9. The summed E-state index contributed by atoms with van der Waals surface area (Å²) >= 11 is 0. The number of fused-ring (bicyclic) bond motifs is 1. The van der Waals surface area contributed by atoms with E-state index in [4.69, 9.17) is 0 Å². The number of amides is 1. The van der Waals surface area contributed by atoms with Crippen LogP contribution in [0.15, 0.2) is 54.7 Å². The molecule has 4 nitrogen and oxygen atoms in total. The first kappa shape index (κ1) is 18.0. The Kier molecular flexibility index (Phi) is 4.97. The summed E-state index contributed by atoms with van der Waals surface area (Å²) in [4.78, 5) is 25.1. The van der Waals surface area contributed by atoms with Crippen molar-refractivity contribution in [3.8, 4) is 0 Å². The fourth-order valence-electron chi connectivity index (χ4n) is 3.06. The number of halogens is 3. The number of nitrogens with zero attached hydrogens (tertiary/aromatic N) is 1. The van der Waals surface area contributed by atoms with Crippen molar-refractivity contribution in [3.63, 3.8) is 0 Å². The first-order valence-corrected chi connectivity index (χ1v) is 8.20. The number of carbonyl (C=O) groups is 2. The van der Waals surface area contributed by atoms with Gasteiger partial charge in [0.05, 0.1) is 0 Å². The molecule has 0 saturated carbocycles. The summed E-state index contributed by atoms with van der Waals surface area (Å²) in [7, 11) is 0. The van der Waals surface area contributed by atoms with Crippen molar-refractivity contribution < 1.29 is 22.8 Å². The SMILES string of the molecule is O=C(Nc1cccc2ccccc12)C1CCCN1C=CC(=O)C(F)(F)F. The summed E-state index contributed by atoms with van der Waals surface area (Å²) in [6, 6.07) is 12.5. The van der Waals surface area contributed by atoms with Crippen molar-refractivity contribution in [3.05, 3.63) is 54.7 Å². The van der Waals surface area contributed by atoms with Gasteiger partial charge in [0.1, 0.15) is 6.04 Å². The highest BCUT2D eigenvalue weighted by Gasteiger charge is 2.37. The van der Waals surface area contributed by atoms with Crippen molar-refractivity contribution >= 4 is 28.2 Å². The predicted octanol–water partition coefficient (Wildman–Crippen LogP) is 3.89. The molecule has 1 fully saturated rings. The van der Waals surface area contributed by atoms with Gasteiger partial charge in [-0.2, -0.15) is 13.2 Å². The van der Waals surface area contributed by atoms with Crippen molar-refractivity contribution in [2.24, 2.45) is 0 Å². The topological polar surface area (TPSA) is 49.4 Å². The van der Waals surface area contributed by atoms with Gasteiger partial charge in [0, 0.05) is 29.9 Å². The third kappa shape index (κ3) is 3.87. The molecule has 3 rings (SSSR count). The lowest BCUT2D eigenvalue weighted by atomic mass is 10.1. The van der Waals surface area contributed by atoms with E-state index in [0.29, 0.717) is 31.1 Å². The van der Waals surface area contributed by atoms with Crippen LogP contribution < -0.4 is 5.32 Å². The van der Waals surface area contributed by atoms with E-state index in [1.807, 2.05) is 36.4 Å². The quantitative estimate of drug-likeness (QED) is 0.840. The average Bonchev–Trinajstić information content (AvgIpc) is 3.08. The highest BCUT2D eigenvalue weighted by atomic mass is 19.4. The molecule has 0 radical (unpaired) electrons.